The molecule has 0 bridgehead atoms. The first-order valence-electron chi connectivity index (χ1n) is 41.7. The monoisotopic (exact) mass is 1280 g/mol. The van der Waals surface area contributed by atoms with Crippen molar-refractivity contribution in [2.75, 3.05) is 13.2 Å². The van der Waals surface area contributed by atoms with Gasteiger partial charge in [-0.05, 0) is 83.5 Å². The normalized spacial score (nSPS) is 12.6. The number of unbranched alkanes of at least 4 members (excludes halogenated alkanes) is 62. The van der Waals surface area contributed by atoms with Crippen LogP contribution in [0.3, 0.4) is 0 Å². The number of esters is 1. The highest BCUT2D eigenvalue weighted by Gasteiger charge is 2.20. The minimum Gasteiger partial charge on any atom is -0.466 e. The molecule has 1 amide bonds. The van der Waals surface area contributed by atoms with Crippen LogP contribution < -0.4 is 5.32 Å². The first-order valence-corrected chi connectivity index (χ1v) is 41.7. The first kappa shape index (κ1) is 89.1. The fourth-order valence-corrected chi connectivity index (χ4v) is 13.3. The van der Waals surface area contributed by atoms with Gasteiger partial charge in [0, 0.05) is 12.8 Å². The predicted octanol–water partition coefficient (Wildman–Crippen LogP) is 27.8. The van der Waals surface area contributed by atoms with E-state index in [0.717, 1.165) is 51.4 Å². The number of carbonyl (C=O) groups excluding carboxylic acids is 2. The molecule has 0 aliphatic carbocycles. The van der Waals surface area contributed by atoms with Gasteiger partial charge in [-0.2, -0.15) is 0 Å². The number of ether oxygens (including phenoxy) is 1. The number of amides is 1. The lowest BCUT2D eigenvalue weighted by molar-refractivity contribution is -0.143. The van der Waals surface area contributed by atoms with E-state index < -0.39 is 12.1 Å². The maximum absolute atomic E-state index is 12.6. The van der Waals surface area contributed by atoms with Gasteiger partial charge in [0.2, 0.25) is 5.91 Å². The zero-order chi connectivity index (χ0) is 65.6. The molecule has 0 saturated heterocycles. The van der Waals surface area contributed by atoms with Crippen LogP contribution >= 0.6 is 0 Å². The van der Waals surface area contributed by atoms with Crippen LogP contribution in [0.25, 0.3) is 0 Å². The van der Waals surface area contributed by atoms with Crippen LogP contribution in [0.4, 0.5) is 0 Å². The topological polar surface area (TPSA) is 95.9 Å². The second kappa shape index (κ2) is 80.5. The molecule has 2 unspecified atom stereocenters. The Labute approximate surface area is 570 Å². The Morgan fingerprint density at radius 2 is 0.549 bits per heavy atom. The average Bonchev–Trinajstić information content (AvgIpc) is 3.64. The highest BCUT2D eigenvalue weighted by Crippen LogP contribution is 2.20. The van der Waals surface area contributed by atoms with Crippen molar-refractivity contribution < 1.29 is 24.5 Å². The maximum Gasteiger partial charge on any atom is 0.305 e. The van der Waals surface area contributed by atoms with E-state index >= 15 is 0 Å². The Morgan fingerprint density at radius 1 is 0.308 bits per heavy atom. The third kappa shape index (κ3) is 77.0. The van der Waals surface area contributed by atoms with Crippen LogP contribution in [0.1, 0.15) is 470 Å². The second-order valence-corrected chi connectivity index (χ2v) is 28.8. The molecular formula is C85H163NO5. The summed E-state index contributed by atoms with van der Waals surface area (Å²) >= 11 is 0. The van der Waals surface area contributed by atoms with Gasteiger partial charge in [0.25, 0.3) is 0 Å². The maximum atomic E-state index is 12.6. The molecule has 0 spiro atoms. The summed E-state index contributed by atoms with van der Waals surface area (Å²) in [6, 6.07) is -0.542. The van der Waals surface area contributed by atoms with Crippen molar-refractivity contribution in [2.45, 2.75) is 482 Å². The quantitative estimate of drug-likeness (QED) is 0.0320. The van der Waals surface area contributed by atoms with Crippen LogP contribution in [-0.4, -0.2) is 47.4 Å². The van der Waals surface area contributed by atoms with Gasteiger partial charge < -0.3 is 20.3 Å². The summed E-state index contributed by atoms with van der Waals surface area (Å²) in [6.07, 6.45) is 105. The van der Waals surface area contributed by atoms with Gasteiger partial charge in [0.05, 0.1) is 25.4 Å². The number of carbonyl (C=O) groups is 2. The minimum absolute atomic E-state index is 0.0123. The van der Waals surface area contributed by atoms with Crippen LogP contribution in [0.15, 0.2) is 36.5 Å². The molecule has 0 aliphatic rings. The van der Waals surface area contributed by atoms with E-state index in [2.05, 4.69) is 55.6 Å². The van der Waals surface area contributed by atoms with Crippen molar-refractivity contribution in [2.24, 2.45) is 0 Å². The molecule has 0 radical (unpaired) electrons. The lowest BCUT2D eigenvalue weighted by Crippen LogP contribution is -2.45. The number of allylic oxidation sites excluding steroid dienone is 6. The van der Waals surface area contributed by atoms with Gasteiger partial charge >= 0.3 is 5.97 Å². The molecule has 538 valence electrons. The van der Waals surface area contributed by atoms with E-state index in [4.69, 9.17) is 4.74 Å². The molecule has 6 heteroatoms. The van der Waals surface area contributed by atoms with Gasteiger partial charge in [0.1, 0.15) is 0 Å². The van der Waals surface area contributed by atoms with Gasteiger partial charge in [0.15, 0.2) is 0 Å². The van der Waals surface area contributed by atoms with Crippen molar-refractivity contribution >= 4 is 11.9 Å². The molecule has 2 atom stereocenters. The van der Waals surface area contributed by atoms with Crippen LogP contribution in [-0.2, 0) is 14.3 Å². The Bertz CT molecular complexity index is 1470. The summed E-state index contributed by atoms with van der Waals surface area (Å²) in [7, 11) is 0. The van der Waals surface area contributed by atoms with Crippen LogP contribution in [0.2, 0.25) is 0 Å². The summed E-state index contributed by atoms with van der Waals surface area (Å²) in [5.41, 5.74) is 0. The van der Waals surface area contributed by atoms with Crippen molar-refractivity contribution in [3.05, 3.63) is 36.5 Å². The summed E-state index contributed by atoms with van der Waals surface area (Å²) in [5, 5.41) is 23.5. The molecule has 0 rings (SSSR count). The zero-order valence-electron chi connectivity index (χ0n) is 61.9. The lowest BCUT2D eigenvalue weighted by Gasteiger charge is -2.22. The Balaban J connectivity index is 3.37. The second-order valence-electron chi connectivity index (χ2n) is 28.8. The van der Waals surface area contributed by atoms with E-state index in [9.17, 15) is 19.8 Å². The molecule has 3 N–H and O–H groups in total. The van der Waals surface area contributed by atoms with Gasteiger partial charge in [-0.3, -0.25) is 9.59 Å². The SMILES string of the molecule is CCCCCCCCC/C=C\CCCCCCCCCC(=O)OCCCCCCCCCCC/C=C\C/C=C\CCCCCCCCCCCCCCCCCCCC(=O)NC(CO)C(O)CCCCCCCCCCCCCCCCCCCCCCCCC. The van der Waals surface area contributed by atoms with Gasteiger partial charge in [-0.1, -0.05) is 410 Å². The number of aliphatic hydroxyl groups excluding tert-OH is 2. The molecule has 0 aromatic carbocycles. The minimum atomic E-state index is -0.665. The highest BCUT2D eigenvalue weighted by molar-refractivity contribution is 5.76. The zero-order valence-corrected chi connectivity index (χ0v) is 61.9. The number of rotatable bonds is 79. The fraction of sp³-hybridized carbons (Fsp3) is 0.906. The largest absolute Gasteiger partial charge is 0.466 e. The first-order chi connectivity index (χ1) is 45.0. The number of nitrogens with one attached hydrogen (secondary N) is 1. The van der Waals surface area contributed by atoms with Gasteiger partial charge in [-0.15, -0.1) is 0 Å². The fourth-order valence-electron chi connectivity index (χ4n) is 13.3. The molecule has 0 saturated carbocycles. The summed E-state index contributed by atoms with van der Waals surface area (Å²) < 4.78 is 5.51. The summed E-state index contributed by atoms with van der Waals surface area (Å²) in [6.45, 7) is 5.00. The van der Waals surface area contributed by atoms with Crippen molar-refractivity contribution in [1.82, 2.24) is 5.32 Å². The lowest BCUT2D eigenvalue weighted by atomic mass is 10.0. The third-order valence-electron chi connectivity index (χ3n) is 19.7. The standard InChI is InChI=1S/C85H163NO5/c1-3-5-7-9-11-13-15-17-19-21-23-24-36-39-42-45-49-53-57-61-65-69-73-77-83(88)82(81-87)86-84(89)78-74-70-66-62-58-54-50-46-43-40-37-34-32-30-28-26-25-27-29-31-33-35-38-41-44-48-52-56-60-64-68-72-76-80-91-85(90)79-75-71-67-63-59-55-51-47-22-20-18-16-14-12-10-8-6-4-2/h20,22,29,31,35,38,82-83,87-88H,3-19,21,23-28,30,32-34,36-37,39-81H2,1-2H3,(H,86,89)/b22-20-,31-29-,38-35-. The molecule has 0 aromatic rings. The van der Waals surface area contributed by atoms with Crippen LogP contribution in [0.5, 0.6) is 0 Å². The van der Waals surface area contributed by atoms with Gasteiger partial charge in [-0.25, -0.2) is 0 Å². The van der Waals surface area contributed by atoms with Crippen molar-refractivity contribution in [1.29, 1.82) is 0 Å². The smallest absolute Gasteiger partial charge is 0.305 e. The molecule has 0 aliphatic heterocycles. The molecule has 0 heterocycles. The Morgan fingerprint density at radius 3 is 0.846 bits per heavy atom. The average molecular weight is 1280 g/mol. The molecule has 91 heavy (non-hydrogen) atoms. The molecule has 6 nitrogen and oxygen atoms in total. The Kier molecular flexibility index (Phi) is 78.8. The van der Waals surface area contributed by atoms with E-state index in [0.29, 0.717) is 25.9 Å². The molecule has 0 aromatic heterocycles. The van der Waals surface area contributed by atoms with E-state index in [-0.39, 0.29) is 18.5 Å². The number of hydrogen-bond acceptors (Lipinski definition) is 5. The van der Waals surface area contributed by atoms with Crippen molar-refractivity contribution in [3.8, 4) is 0 Å². The highest BCUT2D eigenvalue weighted by atomic mass is 16.5. The number of aliphatic hydroxyl groups is 2. The van der Waals surface area contributed by atoms with Crippen molar-refractivity contribution in [3.63, 3.8) is 0 Å². The summed E-state index contributed by atoms with van der Waals surface area (Å²) in [5.74, 6) is -0.0153. The Hall–Kier alpha value is -1.92. The predicted molar refractivity (Wildman–Crippen MR) is 403 cm³/mol. The summed E-state index contributed by atoms with van der Waals surface area (Å²) in [4.78, 5) is 24.7. The molecular weight excluding hydrogens is 1110 g/mol. The van der Waals surface area contributed by atoms with E-state index in [1.165, 1.54) is 385 Å². The number of hydrogen-bond donors (Lipinski definition) is 3. The molecule has 0 fully saturated rings. The van der Waals surface area contributed by atoms with E-state index in [1.807, 2.05) is 0 Å². The van der Waals surface area contributed by atoms with E-state index in [1.54, 1.807) is 0 Å². The third-order valence-corrected chi connectivity index (χ3v) is 19.7. The van der Waals surface area contributed by atoms with Crippen LogP contribution in [0, 0.1) is 0 Å².